The third kappa shape index (κ3) is 3.09. The number of rotatable bonds is 4. The zero-order valence-corrected chi connectivity index (χ0v) is 11.6. The first kappa shape index (κ1) is 13.5. The summed E-state index contributed by atoms with van der Waals surface area (Å²) in [5.74, 6) is 0.714. The van der Waals surface area contributed by atoms with Crippen molar-refractivity contribution in [3.05, 3.63) is 46.9 Å². The fourth-order valence-electron chi connectivity index (χ4n) is 1.88. The van der Waals surface area contributed by atoms with Crippen LogP contribution in [0, 0.1) is 6.92 Å². The molecule has 98 valence electrons. The summed E-state index contributed by atoms with van der Waals surface area (Å²) in [5, 5.41) is 0.214. The second-order valence-electron chi connectivity index (χ2n) is 4.23. The lowest BCUT2D eigenvalue weighted by Gasteiger charge is -2.21. The maximum absolute atomic E-state index is 10.6. The Morgan fingerprint density at radius 3 is 2.84 bits per heavy atom. The van der Waals surface area contributed by atoms with E-state index in [0.717, 1.165) is 23.1 Å². The molecule has 4 nitrogen and oxygen atoms in total. The minimum atomic E-state index is 0.214. The minimum absolute atomic E-state index is 0.214. The van der Waals surface area contributed by atoms with Crippen LogP contribution < -0.4 is 4.90 Å². The Morgan fingerprint density at radius 2 is 2.16 bits per heavy atom. The molecular weight excluding hydrogens is 262 g/mol. The second-order valence-corrected chi connectivity index (χ2v) is 4.57. The molecule has 19 heavy (non-hydrogen) atoms. The predicted molar refractivity (Wildman–Crippen MR) is 76.1 cm³/mol. The van der Waals surface area contributed by atoms with Crippen LogP contribution in [0.25, 0.3) is 0 Å². The summed E-state index contributed by atoms with van der Waals surface area (Å²) in [5.41, 5.74) is 3.07. The Hall–Kier alpha value is -1.94. The van der Waals surface area contributed by atoms with Gasteiger partial charge in [-0.15, -0.1) is 0 Å². The van der Waals surface area contributed by atoms with Crippen molar-refractivity contribution in [1.82, 2.24) is 9.97 Å². The standard InChI is InChI=1S/C14H14ClN3O/c1-10-3-4-11(6-8-19)9-12(10)18(2)13-5-7-16-14(15)17-13/h3-5,7-9H,6H2,1-2H3. The van der Waals surface area contributed by atoms with Gasteiger partial charge in [0.2, 0.25) is 5.28 Å². The van der Waals surface area contributed by atoms with Crippen molar-refractivity contribution in [3.8, 4) is 0 Å². The van der Waals surface area contributed by atoms with Crippen LogP contribution in [0.1, 0.15) is 11.1 Å². The number of hydrogen-bond acceptors (Lipinski definition) is 4. The fraction of sp³-hybridized carbons (Fsp3) is 0.214. The van der Waals surface area contributed by atoms with Crippen LogP contribution in [-0.2, 0) is 11.2 Å². The lowest BCUT2D eigenvalue weighted by molar-refractivity contribution is -0.107. The number of aryl methyl sites for hydroxylation is 1. The molecule has 0 saturated heterocycles. The molecule has 0 bridgehead atoms. The Labute approximate surface area is 117 Å². The van der Waals surface area contributed by atoms with Gasteiger partial charge in [0, 0.05) is 25.4 Å². The summed E-state index contributed by atoms with van der Waals surface area (Å²) in [6, 6.07) is 7.72. The van der Waals surface area contributed by atoms with Crippen LogP contribution in [0.3, 0.4) is 0 Å². The molecule has 1 heterocycles. The number of aromatic nitrogens is 2. The topological polar surface area (TPSA) is 46.1 Å². The smallest absolute Gasteiger partial charge is 0.224 e. The Bertz CT molecular complexity index is 601. The van der Waals surface area contributed by atoms with Crippen molar-refractivity contribution < 1.29 is 4.79 Å². The zero-order chi connectivity index (χ0) is 13.8. The lowest BCUT2D eigenvalue weighted by atomic mass is 10.1. The highest BCUT2D eigenvalue weighted by Crippen LogP contribution is 2.26. The quantitative estimate of drug-likeness (QED) is 0.636. The van der Waals surface area contributed by atoms with Gasteiger partial charge in [-0.05, 0) is 41.8 Å². The number of carbonyl (C=O) groups excluding carboxylic acids is 1. The second kappa shape index (κ2) is 5.80. The van der Waals surface area contributed by atoms with Crippen LogP contribution in [0.5, 0.6) is 0 Å². The molecule has 1 aromatic heterocycles. The first-order valence-electron chi connectivity index (χ1n) is 5.87. The van der Waals surface area contributed by atoms with E-state index in [1.807, 2.05) is 37.1 Å². The van der Waals surface area contributed by atoms with Crippen LogP contribution in [0.2, 0.25) is 5.28 Å². The van der Waals surface area contributed by atoms with Crippen LogP contribution in [0.15, 0.2) is 30.5 Å². The van der Waals surface area contributed by atoms with Gasteiger partial charge >= 0.3 is 0 Å². The number of aldehydes is 1. The van der Waals surface area contributed by atoms with Gasteiger partial charge in [-0.2, -0.15) is 0 Å². The normalized spacial score (nSPS) is 10.3. The Morgan fingerprint density at radius 1 is 1.37 bits per heavy atom. The summed E-state index contributed by atoms with van der Waals surface area (Å²) >= 11 is 5.80. The average Bonchev–Trinajstić information content (AvgIpc) is 2.40. The summed E-state index contributed by atoms with van der Waals surface area (Å²) in [7, 11) is 1.91. The minimum Gasteiger partial charge on any atom is -0.329 e. The van der Waals surface area contributed by atoms with Gasteiger partial charge in [-0.25, -0.2) is 9.97 Å². The molecule has 0 unspecified atom stereocenters. The van der Waals surface area contributed by atoms with Gasteiger partial charge in [-0.3, -0.25) is 0 Å². The monoisotopic (exact) mass is 275 g/mol. The molecule has 0 aliphatic rings. The van der Waals surface area contributed by atoms with Gasteiger partial charge in [0.1, 0.15) is 12.1 Å². The summed E-state index contributed by atoms with van der Waals surface area (Å²) in [6.07, 6.45) is 2.92. The maximum atomic E-state index is 10.6. The molecule has 2 rings (SSSR count). The zero-order valence-electron chi connectivity index (χ0n) is 10.8. The first-order chi connectivity index (χ1) is 9.11. The van der Waals surface area contributed by atoms with E-state index in [9.17, 15) is 4.79 Å². The van der Waals surface area contributed by atoms with Crippen molar-refractivity contribution in [2.24, 2.45) is 0 Å². The van der Waals surface area contributed by atoms with E-state index < -0.39 is 0 Å². The van der Waals surface area contributed by atoms with Gasteiger partial charge in [0.25, 0.3) is 0 Å². The van der Waals surface area contributed by atoms with Crippen LogP contribution in [-0.4, -0.2) is 23.3 Å². The number of carbonyl (C=O) groups is 1. The van der Waals surface area contributed by atoms with E-state index in [1.165, 1.54) is 0 Å². The third-order valence-electron chi connectivity index (χ3n) is 2.91. The third-order valence-corrected chi connectivity index (χ3v) is 3.09. The highest BCUT2D eigenvalue weighted by atomic mass is 35.5. The molecule has 5 heteroatoms. The van der Waals surface area contributed by atoms with E-state index in [1.54, 1.807) is 12.3 Å². The largest absolute Gasteiger partial charge is 0.329 e. The molecular formula is C14H14ClN3O. The van der Waals surface area contributed by atoms with Gasteiger partial charge < -0.3 is 9.69 Å². The number of hydrogen-bond donors (Lipinski definition) is 0. The van der Waals surface area contributed by atoms with Crippen molar-refractivity contribution in [3.63, 3.8) is 0 Å². The number of anilines is 2. The molecule has 0 spiro atoms. The molecule has 0 radical (unpaired) electrons. The van der Waals surface area contributed by atoms with E-state index in [-0.39, 0.29) is 5.28 Å². The highest BCUT2D eigenvalue weighted by molar-refractivity contribution is 6.28. The molecule has 2 aromatic rings. The summed E-state index contributed by atoms with van der Waals surface area (Å²) < 4.78 is 0. The predicted octanol–water partition coefficient (Wildman–Crippen LogP) is 2.95. The SMILES string of the molecule is Cc1ccc(CC=O)cc1N(C)c1ccnc(Cl)n1. The van der Waals surface area contributed by atoms with Crippen LogP contribution >= 0.6 is 11.6 Å². The van der Waals surface area contributed by atoms with Crippen molar-refractivity contribution in [2.75, 3.05) is 11.9 Å². The van der Waals surface area contributed by atoms with Gasteiger partial charge in [0.05, 0.1) is 0 Å². The fourth-order valence-corrected chi connectivity index (χ4v) is 2.02. The van der Waals surface area contributed by atoms with Crippen molar-refractivity contribution in [2.45, 2.75) is 13.3 Å². The molecule has 0 N–H and O–H groups in total. The molecule has 0 aliphatic heterocycles. The number of halogens is 1. The van der Waals surface area contributed by atoms with Gasteiger partial charge in [-0.1, -0.05) is 12.1 Å². The molecule has 0 atom stereocenters. The van der Waals surface area contributed by atoms with E-state index in [2.05, 4.69) is 9.97 Å². The molecule has 0 saturated carbocycles. The number of nitrogens with zero attached hydrogens (tertiary/aromatic N) is 3. The maximum Gasteiger partial charge on any atom is 0.224 e. The molecule has 0 amide bonds. The van der Waals surface area contributed by atoms with E-state index >= 15 is 0 Å². The summed E-state index contributed by atoms with van der Waals surface area (Å²) in [6.45, 7) is 2.01. The molecule has 1 aromatic carbocycles. The van der Waals surface area contributed by atoms with Crippen molar-refractivity contribution in [1.29, 1.82) is 0 Å². The van der Waals surface area contributed by atoms with Crippen LogP contribution in [0.4, 0.5) is 11.5 Å². The first-order valence-corrected chi connectivity index (χ1v) is 6.25. The Balaban J connectivity index is 2.39. The summed E-state index contributed by atoms with van der Waals surface area (Å²) in [4.78, 5) is 20.6. The molecule has 0 aliphatic carbocycles. The molecule has 0 fully saturated rings. The average molecular weight is 276 g/mol. The highest BCUT2D eigenvalue weighted by Gasteiger charge is 2.09. The lowest BCUT2D eigenvalue weighted by Crippen LogP contribution is -2.13. The number of benzene rings is 1. The van der Waals surface area contributed by atoms with Crippen molar-refractivity contribution >= 4 is 29.4 Å². The van der Waals surface area contributed by atoms with E-state index in [0.29, 0.717) is 12.2 Å². The van der Waals surface area contributed by atoms with E-state index in [4.69, 9.17) is 11.6 Å². The Kier molecular flexibility index (Phi) is 4.12. The van der Waals surface area contributed by atoms with Gasteiger partial charge in [0.15, 0.2) is 0 Å².